The Morgan fingerprint density at radius 2 is 1.76 bits per heavy atom. The smallest absolute Gasteiger partial charge is 0.305 e. The lowest BCUT2D eigenvalue weighted by atomic mass is 9.94. The van der Waals surface area contributed by atoms with E-state index < -0.39 is 5.97 Å². The summed E-state index contributed by atoms with van der Waals surface area (Å²) < 4.78 is 25.8. The SMILES string of the molecule is COc1ccc(F)c(N2CCC(Oc3ccc(N4N=C(c5ncccn5)C(C)C4CC(=O)O)cc3)CC2)c1. The summed E-state index contributed by atoms with van der Waals surface area (Å²) in [5.74, 6) is 0.533. The number of aromatic nitrogens is 2. The van der Waals surface area contributed by atoms with Gasteiger partial charge in [-0.2, -0.15) is 5.10 Å². The Bertz CT molecular complexity index is 1300. The third kappa shape index (κ3) is 5.39. The fourth-order valence-corrected chi connectivity index (χ4v) is 4.99. The molecule has 5 rings (SSSR count). The van der Waals surface area contributed by atoms with Gasteiger partial charge in [0.25, 0.3) is 0 Å². The van der Waals surface area contributed by atoms with Crippen LogP contribution < -0.4 is 19.4 Å². The molecule has 1 N–H and O–H groups in total. The largest absolute Gasteiger partial charge is 0.497 e. The topological polar surface area (TPSA) is 100 Å². The number of hydrogen-bond donors (Lipinski definition) is 1. The molecule has 38 heavy (non-hydrogen) atoms. The van der Waals surface area contributed by atoms with Crippen LogP contribution in [0.15, 0.2) is 66.0 Å². The van der Waals surface area contributed by atoms with Crippen LogP contribution in [0.2, 0.25) is 0 Å². The molecule has 10 heteroatoms. The average molecular weight is 520 g/mol. The normalized spacial score (nSPS) is 19.8. The van der Waals surface area contributed by atoms with Crippen molar-refractivity contribution >= 4 is 23.1 Å². The lowest BCUT2D eigenvalue weighted by Gasteiger charge is -2.34. The molecule has 1 aromatic heterocycles. The second-order valence-corrected chi connectivity index (χ2v) is 9.47. The summed E-state index contributed by atoms with van der Waals surface area (Å²) in [6.45, 7) is 3.30. The predicted octanol–water partition coefficient (Wildman–Crippen LogP) is 4.38. The summed E-state index contributed by atoms with van der Waals surface area (Å²) in [6.07, 6.45) is 4.76. The molecule has 0 saturated carbocycles. The summed E-state index contributed by atoms with van der Waals surface area (Å²) in [7, 11) is 1.57. The number of hydrazone groups is 1. The van der Waals surface area contributed by atoms with E-state index in [0.717, 1.165) is 24.3 Å². The zero-order valence-electron chi connectivity index (χ0n) is 21.3. The van der Waals surface area contributed by atoms with Crippen LogP contribution in [0.25, 0.3) is 0 Å². The minimum Gasteiger partial charge on any atom is -0.497 e. The van der Waals surface area contributed by atoms with Crippen molar-refractivity contribution < 1.29 is 23.8 Å². The lowest BCUT2D eigenvalue weighted by Crippen LogP contribution is -2.38. The third-order valence-corrected chi connectivity index (χ3v) is 7.06. The summed E-state index contributed by atoms with van der Waals surface area (Å²) in [4.78, 5) is 22.2. The summed E-state index contributed by atoms with van der Waals surface area (Å²) in [5.41, 5.74) is 1.98. The Morgan fingerprint density at radius 1 is 1.08 bits per heavy atom. The van der Waals surface area contributed by atoms with Gasteiger partial charge in [0.15, 0.2) is 5.82 Å². The minimum atomic E-state index is -0.891. The minimum absolute atomic E-state index is 0.0113. The molecule has 0 spiro atoms. The molecule has 0 bridgehead atoms. The third-order valence-electron chi connectivity index (χ3n) is 7.06. The number of halogens is 1. The van der Waals surface area contributed by atoms with E-state index >= 15 is 0 Å². The highest BCUT2D eigenvalue weighted by molar-refractivity contribution is 6.02. The molecule has 1 fully saturated rings. The number of carbonyl (C=O) groups is 1. The van der Waals surface area contributed by atoms with Crippen molar-refractivity contribution in [3.05, 3.63) is 72.6 Å². The number of piperidine rings is 1. The van der Waals surface area contributed by atoms with Gasteiger partial charge in [-0.05, 0) is 42.5 Å². The molecule has 0 amide bonds. The number of hydrogen-bond acceptors (Lipinski definition) is 8. The summed E-state index contributed by atoms with van der Waals surface area (Å²) in [5, 5.41) is 16.0. The first-order valence-corrected chi connectivity index (χ1v) is 12.6. The fourth-order valence-electron chi connectivity index (χ4n) is 4.99. The van der Waals surface area contributed by atoms with Gasteiger partial charge in [0.1, 0.15) is 29.1 Å². The summed E-state index contributed by atoms with van der Waals surface area (Å²) >= 11 is 0. The number of anilines is 2. The Labute approximate surface area is 220 Å². The Morgan fingerprint density at radius 3 is 2.42 bits per heavy atom. The fraction of sp³-hybridized carbons (Fsp3) is 0.357. The number of methoxy groups -OCH3 is 1. The number of ether oxygens (including phenoxy) is 2. The molecule has 2 aromatic carbocycles. The van der Waals surface area contributed by atoms with Crippen LogP contribution in [0.3, 0.4) is 0 Å². The van der Waals surface area contributed by atoms with Crippen LogP contribution in [0, 0.1) is 11.7 Å². The molecule has 2 unspecified atom stereocenters. The maximum Gasteiger partial charge on any atom is 0.305 e. The Kier molecular flexibility index (Phi) is 7.39. The first-order valence-electron chi connectivity index (χ1n) is 12.6. The van der Waals surface area contributed by atoms with Gasteiger partial charge in [0.05, 0.1) is 30.9 Å². The van der Waals surface area contributed by atoms with Crippen molar-refractivity contribution in [3.8, 4) is 11.5 Å². The molecule has 2 aliphatic rings. The highest BCUT2D eigenvalue weighted by atomic mass is 19.1. The molecule has 198 valence electrons. The number of benzene rings is 2. The van der Waals surface area contributed by atoms with Gasteiger partial charge in [0.2, 0.25) is 0 Å². The molecular weight excluding hydrogens is 489 g/mol. The van der Waals surface area contributed by atoms with Crippen LogP contribution in [-0.2, 0) is 4.79 Å². The predicted molar refractivity (Wildman–Crippen MR) is 142 cm³/mol. The molecule has 3 heterocycles. The number of aliphatic carboxylic acids is 1. The molecule has 0 aliphatic carbocycles. The van der Waals surface area contributed by atoms with Crippen LogP contribution in [0.1, 0.15) is 32.0 Å². The molecule has 9 nitrogen and oxygen atoms in total. The van der Waals surface area contributed by atoms with Crippen molar-refractivity contribution in [2.24, 2.45) is 11.0 Å². The van der Waals surface area contributed by atoms with E-state index in [4.69, 9.17) is 14.6 Å². The van der Waals surface area contributed by atoms with E-state index in [2.05, 4.69) is 9.97 Å². The van der Waals surface area contributed by atoms with Gasteiger partial charge in [-0.1, -0.05) is 6.92 Å². The highest BCUT2D eigenvalue weighted by Gasteiger charge is 2.38. The first-order chi connectivity index (χ1) is 18.4. The maximum absolute atomic E-state index is 14.4. The molecular formula is C28H30FN5O4. The second-order valence-electron chi connectivity index (χ2n) is 9.47. The number of nitrogens with zero attached hydrogens (tertiary/aromatic N) is 5. The van der Waals surface area contributed by atoms with Gasteiger partial charge in [0, 0.05) is 50.3 Å². The van der Waals surface area contributed by atoms with Crippen molar-refractivity contribution in [3.63, 3.8) is 0 Å². The van der Waals surface area contributed by atoms with Gasteiger partial charge >= 0.3 is 5.97 Å². The molecule has 2 atom stereocenters. The summed E-state index contributed by atoms with van der Waals surface area (Å²) in [6, 6.07) is 13.7. The van der Waals surface area contributed by atoms with Crippen molar-refractivity contribution in [1.29, 1.82) is 0 Å². The van der Waals surface area contributed by atoms with Crippen LogP contribution >= 0.6 is 0 Å². The van der Waals surface area contributed by atoms with E-state index in [1.54, 1.807) is 42.7 Å². The van der Waals surface area contributed by atoms with Crippen LogP contribution in [0.4, 0.5) is 15.8 Å². The van der Waals surface area contributed by atoms with E-state index in [0.29, 0.717) is 36.1 Å². The Hall–Kier alpha value is -4.21. The molecule has 1 saturated heterocycles. The molecule has 0 radical (unpaired) electrons. The van der Waals surface area contributed by atoms with E-state index in [-0.39, 0.29) is 30.3 Å². The molecule has 2 aliphatic heterocycles. The van der Waals surface area contributed by atoms with E-state index in [1.165, 1.54) is 6.07 Å². The van der Waals surface area contributed by atoms with Gasteiger partial charge in [-0.3, -0.25) is 9.80 Å². The van der Waals surface area contributed by atoms with Gasteiger partial charge < -0.3 is 19.5 Å². The zero-order chi connectivity index (χ0) is 26.6. The molecule has 3 aromatic rings. The maximum atomic E-state index is 14.4. The van der Waals surface area contributed by atoms with Crippen LogP contribution in [0.5, 0.6) is 11.5 Å². The zero-order valence-corrected chi connectivity index (χ0v) is 21.3. The van der Waals surface area contributed by atoms with Crippen molar-refractivity contribution in [2.45, 2.75) is 38.3 Å². The quantitative estimate of drug-likeness (QED) is 0.468. The number of carboxylic acids is 1. The van der Waals surface area contributed by atoms with Crippen LogP contribution in [-0.4, -0.2) is 59.1 Å². The van der Waals surface area contributed by atoms with Crippen molar-refractivity contribution in [2.75, 3.05) is 30.1 Å². The Balaban J connectivity index is 1.25. The standard InChI is InChI=1S/C28H30FN5O4/c1-18-24(17-26(35)36)34(32-27(18)28-30-12-3-13-31-28)19-4-6-20(7-5-19)38-21-10-14-33(15-11-21)25-16-22(37-2)8-9-23(25)29/h3-9,12-13,16,18,21,24H,10-11,14-15,17H2,1-2H3,(H,35,36). The number of rotatable bonds is 8. The van der Waals surface area contributed by atoms with Gasteiger partial charge in [-0.25, -0.2) is 14.4 Å². The monoisotopic (exact) mass is 519 g/mol. The average Bonchev–Trinajstić information content (AvgIpc) is 3.25. The first kappa shape index (κ1) is 25.4. The van der Waals surface area contributed by atoms with E-state index in [9.17, 15) is 14.3 Å². The second kappa shape index (κ2) is 11.0. The highest BCUT2D eigenvalue weighted by Crippen LogP contribution is 2.34. The number of carboxylic acid groups (broad SMARTS) is 1. The lowest BCUT2D eigenvalue weighted by molar-refractivity contribution is -0.137. The van der Waals surface area contributed by atoms with E-state index in [1.807, 2.05) is 36.1 Å². The van der Waals surface area contributed by atoms with Crippen molar-refractivity contribution in [1.82, 2.24) is 9.97 Å². The van der Waals surface area contributed by atoms with Gasteiger partial charge in [-0.15, -0.1) is 0 Å².